The molecule has 0 amide bonds. The molecule has 0 saturated carbocycles. The molecule has 1 aromatic carbocycles. The van der Waals surface area contributed by atoms with Crippen molar-refractivity contribution < 1.29 is 8.76 Å². The van der Waals surface area contributed by atoms with Crippen LogP contribution in [0.25, 0.3) is 0 Å². The van der Waals surface area contributed by atoms with Crippen molar-refractivity contribution in [3.63, 3.8) is 0 Å². The van der Waals surface area contributed by atoms with E-state index in [-0.39, 0.29) is 0 Å². The zero-order chi connectivity index (χ0) is 8.43. The zero-order valence-corrected chi connectivity index (χ0v) is 6.89. The van der Waals surface area contributed by atoms with Crippen LogP contribution in [0, 0.1) is 6.92 Å². The van der Waals surface area contributed by atoms with Gasteiger partial charge in [-0.15, -0.1) is 0 Å². The summed E-state index contributed by atoms with van der Waals surface area (Å²) in [4.78, 5) is 0.380. The number of hydrogen-bond acceptors (Lipinski definition) is 2. The van der Waals surface area contributed by atoms with Crippen LogP contribution in [0.15, 0.2) is 23.1 Å². The minimum atomic E-state index is -1.93. The molecule has 11 heavy (non-hydrogen) atoms. The van der Waals surface area contributed by atoms with Gasteiger partial charge in [0.2, 0.25) is 0 Å². The first-order valence-electron chi connectivity index (χ1n) is 3.08. The summed E-state index contributed by atoms with van der Waals surface area (Å²) in [5, 5.41) is 0. The summed E-state index contributed by atoms with van der Waals surface area (Å²) in [5.41, 5.74) is 6.70. The molecule has 1 rings (SSSR count). The van der Waals surface area contributed by atoms with Crippen LogP contribution in [-0.4, -0.2) is 8.76 Å². The molecule has 3 nitrogen and oxygen atoms in total. The Balaban J connectivity index is 3.23. The van der Waals surface area contributed by atoms with Gasteiger partial charge in [0.1, 0.15) is 0 Å². The van der Waals surface area contributed by atoms with Crippen molar-refractivity contribution in [1.29, 1.82) is 0 Å². The highest BCUT2D eigenvalue weighted by Gasteiger charge is 2.03. The van der Waals surface area contributed by atoms with Gasteiger partial charge in [0, 0.05) is 5.69 Å². The molecule has 3 N–H and O–H groups in total. The minimum absolute atomic E-state index is 0.380. The lowest BCUT2D eigenvalue weighted by Crippen LogP contribution is -1.94. The molecule has 1 unspecified atom stereocenters. The fourth-order valence-corrected chi connectivity index (χ4v) is 1.39. The van der Waals surface area contributed by atoms with E-state index < -0.39 is 11.1 Å². The molecule has 60 valence electrons. The second-order valence-electron chi connectivity index (χ2n) is 2.27. The number of benzene rings is 1. The number of rotatable bonds is 1. The first-order valence-corrected chi connectivity index (χ1v) is 4.19. The van der Waals surface area contributed by atoms with Gasteiger partial charge in [-0.3, -0.25) is 0 Å². The van der Waals surface area contributed by atoms with Crippen molar-refractivity contribution >= 4 is 16.8 Å². The molecule has 0 aliphatic heterocycles. The minimum Gasteiger partial charge on any atom is -0.399 e. The number of nitrogen functional groups attached to an aromatic ring is 1. The summed E-state index contributed by atoms with van der Waals surface area (Å²) in [6, 6.07) is 4.93. The SMILES string of the molecule is Cc1ccc(N)cc1S(=O)O. The van der Waals surface area contributed by atoms with Gasteiger partial charge < -0.3 is 10.3 Å². The molecule has 1 aromatic rings. The first kappa shape index (κ1) is 8.23. The summed E-state index contributed by atoms with van der Waals surface area (Å²) >= 11 is -1.93. The molecule has 1 atom stereocenters. The fraction of sp³-hybridized carbons (Fsp3) is 0.143. The predicted octanol–water partition coefficient (Wildman–Crippen LogP) is 1.16. The van der Waals surface area contributed by atoms with Crippen molar-refractivity contribution in [1.82, 2.24) is 0 Å². The molecule has 0 spiro atoms. The van der Waals surface area contributed by atoms with Gasteiger partial charge in [-0.2, -0.15) is 0 Å². The van der Waals surface area contributed by atoms with Crippen LogP contribution in [0.5, 0.6) is 0 Å². The predicted molar refractivity (Wildman–Crippen MR) is 44.6 cm³/mol. The molecular formula is C7H9NO2S. The fourth-order valence-electron chi connectivity index (χ4n) is 0.805. The average molecular weight is 171 g/mol. The Hall–Kier alpha value is -0.870. The summed E-state index contributed by atoms with van der Waals surface area (Å²) in [7, 11) is 0. The van der Waals surface area contributed by atoms with Crippen LogP contribution in [0.4, 0.5) is 5.69 Å². The number of nitrogens with two attached hydrogens (primary N) is 1. The summed E-state index contributed by atoms with van der Waals surface area (Å²) < 4.78 is 19.4. The van der Waals surface area contributed by atoms with E-state index in [0.717, 1.165) is 5.56 Å². The maximum absolute atomic E-state index is 10.6. The lowest BCUT2D eigenvalue weighted by Gasteiger charge is -2.00. The van der Waals surface area contributed by atoms with E-state index in [1.54, 1.807) is 19.1 Å². The standard InChI is InChI=1S/C7H9NO2S/c1-5-2-3-6(8)4-7(5)11(9)10/h2-4H,8H2,1H3,(H,9,10). The molecule has 0 saturated heterocycles. The molecule has 0 aromatic heterocycles. The molecular weight excluding hydrogens is 162 g/mol. The average Bonchev–Trinajstić information content (AvgIpc) is 1.94. The monoisotopic (exact) mass is 171 g/mol. The van der Waals surface area contributed by atoms with Gasteiger partial charge >= 0.3 is 0 Å². The lowest BCUT2D eigenvalue weighted by molar-refractivity contribution is 0.564. The Morgan fingerprint density at radius 3 is 2.64 bits per heavy atom. The van der Waals surface area contributed by atoms with Crippen LogP contribution in [-0.2, 0) is 11.1 Å². The molecule has 0 aliphatic rings. The zero-order valence-electron chi connectivity index (χ0n) is 6.07. The second-order valence-corrected chi connectivity index (χ2v) is 3.21. The van der Waals surface area contributed by atoms with E-state index in [0.29, 0.717) is 10.6 Å². The van der Waals surface area contributed by atoms with E-state index in [4.69, 9.17) is 10.3 Å². The third-order valence-electron chi connectivity index (χ3n) is 1.40. The summed E-state index contributed by atoms with van der Waals surface area (Å²) in [6.07, 6.45) is 0. The van der Waals surface area contributed by atoms with Crippen molar-refractivity contribution in [3.8, 4) is 0 Å². The Morgan fingerprint density at radius 1 is 1.55 bits per heavy atom. The number of aryl methyl sites for hydroxylation is 1. The van der Waals surface area contributed by atoms with Gasteiger partial charge in [-0.1, -0.05) is 6.07 Å². The third-order valence-corrected chi connectivity index (χ3v) is 2.22. The van der Waals surface area contributed by atoms with E-state index in [1.807, 2.05) is 0 Å². The van der Waals surface area contributed by atoms with Crippen molar-refractivity contribution in [2.45, 2.75) is 11.8 Å². The van der Waals surface area contributed by atoms with Crippen LogP contribution in [0.2, 0.25) is 0 Å². The summed E-state index contributed by atoms with van der Waals surface area (Å²) in [6.45, 7) is 1.77. The second kappa shape index (κ2) is 3.02. The van der Waals surface area contributed by atoms with Crippen molar-refractivity contribution in [2.75, 3.05) is 5.73 Å². The quantitative estimate of drug-likeness (QED) is 0.492. The van der Waals surface area contributed by atoms with E-state index in [9.17, 15) is 4.21 Å². The molecule has 0 heterocycles. The van der Waals surface area contributed by atoms with E-state index in [1.165, 1.54) is 6.07 Å². The Bertz CT molecular complexity index is 298. The van der Waals surface area contributed by atoms with Gasteiger partial charge in [0.05, 0.1) is 4.90 Å². The molecule has 0 aliphatic carbocycles. The van der Waals surface area contributed by atoms with Crippen molar-refractivity contribution in [3.05, 3.63) is 23.8 Å². The van der Waals surface area contributed by atoms with Gasteiger partial charge in [-0.25, -0.2) is 4.21 Å². The highest BCUT2D eigenvalue weighted by molar-refractivity contribution is 7.79. The number of anilines is 1. The van der Waals surface area contributed by atoms with Crippen LogP contribution in [0.3, 0.4) is 0 Å². The van der Waals surface area contributed by atoms with E-state index in [2.05, 4.69) is 0 Å². The summed E-state index contributed by atoms with van der Waals surface area (Å²) in [5.74, 6) is 0. The Morgan fingerprint density at radius 2 is 2.18 bits per heavy atom. The maximum Gasteiger partial charge on any atom is 0.186 e. The third kappa shape index (κ3) is 1.78. The normalized spacial score (nSPS) is 12.9. The number of hydrogen-bond donors (Lipinski definition) is 2. The van der Waals surface area contributed by atoms with Crippen LogP contribution < -0.4 is 5.73 Å². The Kier molecular flexibility index (Phi) is 2.26. The molecule has 4 heteroatoms. The van der Waals surface area contributed by atoms with Crippen LogP contribution in [0.1, 0.15) is 5.56 Å². The molecule has 0 radical (unpaired) electrons. The molecule has 0 bridgehead atoms. The maximum atomic E-state index is 10.6. The first-order chi connectivity index (χ1) is 5.11. The van der Waals surface area contributed by atoms with Crippen LogP contribution >= 0.6 is 0 Å². The smallest absolute Gasteiger partial charge is 0.186 e. The Labute approximate surface area is 67.5 Å². The highest BCUT2D eigenvalue weighted by atomic mass is 32.2. The van der Waals surface area contributed by atoms with Gasteiger partial charge in [0.15, 0.2) is 11.1 Å². The molecule has 0 fully saturated rings. The highest BCUT2D eigenvalue weighted by Crippen LogP contribution is 2.14. The van der Waals surface area contributed by atoms with Gasteiger partial charge in [-0.05, 0) is 24.6 Å². The largest absolute Gasteiger partial charge is 0.399 e. The van der Waals surface area contributed by atoms with Gasteiger partial charge in [0.25, 0.3) is 0 Å². The van der Waals surface area contributed by atoms with Crippen molar-refractivity contribution in [2.24, 2.45) is 0 Å². The van der Waals surface area contributed by atoms with E-state index >= 15 is 0 Å². The topological polar surface area (TPSA) is 63.3 Å². The lowest BCUT2D eigenvalue weighted by atomic mass is 10.2.